The van der Waals surface area contributed by atoms with Crippen molar-refractivity contribution in [2.75, 3.05) is 6.61 Å². The van der Waals surface area contributed by atoms with E-state index >= 15 is 0 Å². The van der Waals surface area contributed by atoms with Crippen LogP contribution in [0.1, 0.15) is 79.6 Å². The third kappa shape index (κ3) is 3.90. The first-order valence-corrected chi connectivity index (χ1v) is 14.8. The topological polar surface area (TPSA) is 65.0 Å². The molecule has 0 radical (unpaired) electrons. The minimum atomic E-state index is -1.11. The highest BCUT2D eigenvalue weighted by atomic mass is 16.7. The second kappa shape index (κ2) is 8.99. The molecule has 38 heavy (non-hydrogen) atoms. The average Bonchev–Trinajstić information content (AvgIpc) is 3.28. The molecule has 0 bridgehead atoms. The number of carbonyl (C=O) groups is 1. The van der Waals surface area contributed by atoms with Crippen molar-refractivity contribution in [3.05, 3.63) is 48.1 Å². The highest BCUT2D eigenvalue weighted by Gasteiger charge is 2.75. The van der Waals surface area contributed by atoms with Crippen LogP contribution >= 0.6 is 0 Å². The van der Waals surface area contributed by atoms with Gasteiger partial charge in [0, 0.05) is 16.7 Å². The van der Waals surface area contributed by atoms with Crippen molar-refractivity contribution < 1.29 is 24.1 Å². The molecule has 0 spiro atoms. The van der Waals surface area contributed by atoms with Gasteiger partial charge in [0.05, 0.1) is 17.8 Å². The number of hydrogen-bond donors (Lipinski definition) is 1. The van der Waals surface area contributed by atoms with Gasteiger partial charge in [-0.15, -0.1) is 0 Å². The fourth-order valence-corrected chi connectivity index (χ4v) is 9.03. The third-order valence-electron chi connectivity index (χ3n) is 11.1. The quantitative estimate of drug-likeness (QED) is 0.443. The van der Waals surface area contributed by atoms with Gasteiger partial charge in [0.15, 0.2) is 17.7 Å². The van der Waals surface area contributed by atoms with Gasteiger partial charge in [-0.3, -0.25) is 4.79 Å². The zero-order chi connectivity index (χ0) is 27.1. The second-order valence-corrected chi connectivity index (χ2v) is 14.4. The molecule has 5 aliphatic carbocycles. The van der Waals surface area contributed by atoms with Crippen LogP contribution in [-0.2, 0) is 19.0 Å². The molecule has 0 aromatic rings. The van der Waals surface area contributed by atoms with Gasteiger partial charge in [0.25, 0.3) is 0 Å². The van der Waals surface area contributed by atoms with Gasteiger partial charge in [-0.05, 0) is 88.7 Å². The van der Waals surface area contributed by atoms with Crippen LogP contribution in [-0.4, -0.2) is 47.2 Å². The smallest absolute Gasteiger partial charge is 0.193 e. The van der Waals surface area contributed by atoms with Gasteiger partial charge in [-0.25, -0.2) is 0 Å². The molecule has 6 aliphatic rings. The molecule has 1 aliphatic heterocycles. The van der Waals surface area contributed by atoms with Gasteiger partial charge in [0.2, 0.25) is 0 Å². The summed E-state index contributed by atoms with van der Waals surface area (Å²) in [5.74, 6) is 1.17. The summed E-state index contributed by atoms with van der Waals surface area (Å²) >= 11 is 0. The lowest BCUT2D eigenvalue weighted by atomic mass is 9.46. The van der Waals surface area contributed by atoms with Crippen molar-refractivity contribution in [1.29, 1.82) is 0 Å². The highest BCUT2D eigenvalue weighted by molar-refractivity contribution is 5.91. The summed E-state index contributed by atoms with van der Waals surface area (Å²) in [5.41, 5.74) is 0.147. The number of aliphatic hydroxyl groups is 1. The van der Waals surface area contributed by atoms with Crippen molar-refractivity contribution in [3.63, 3.8) is 0 Å². The van der Waals surface area contributed by atoms with Gasteiger partial charge in [-0.1, -0.05) is 56.7 Å². The largest absolute Gasteiger partial charge is 0.393 e. The second-order valence-electron chi connectivity index (χ2n) is 14.4. The van der Waals surface area contributed by atoms with Crippen LogP contribution in [0.5, 0.6) is 0 Å². The fraction of sp³-hybridized carbons (Fsp3) is 0.727. The normalized spacial score (nSPS) is 46.3. The Bertz CT molecular complexity index is 1090. The summed E-state index contributed by atoms with van der Waals surface area (Å²) in [6.07, 6.45) is 16.4. The van der Waals surface area contributed by atoms with E-state index in [1.54, 1.807) is 0 Å². The molecule has 1 heterocycles. The number of aliphatic hydroxyl groups excluding tert-OH is 1. The Labute approximate surface area is 228 Å². The molecule has 5 nitrogen and oxygen atoms in total. The van der Waals surface area contributed by atoms with Crippen LogP contribution < -0.4 is 0 Å². The van der Waals surface area contributed by atoms with Crippen molar-refractivity contribution >= 4 is 5.78 Å². The Morgan fingerprint density at radius 1 is 1.24 bits per heavy atom. The van der Waals surface area contributed by atoms with Crippen LogP contribution in [0.4, 0.5) is 0 Å². The Balaban J connectivity index is 1.35. The minimum Gasteiger partial charge on any atom is -0.393 e. The number of allylic oxidation sites excluding steroid dienone is 6. The molecule has 6 rings (SSSR count). The lowest BCUT2D eigenvalue weighted by Crippen LogP contribution is -2.63. The van der Waals surface area contributed by atoms with E-state index in [1.807, 2.05) is 26.8 Å². The molecule has 0 aromatic heterocycles. The first-order valence-electron chi connectivity index (χ1n) is 14.8. The monoisotopic (exact) mass is 522 g/mol. The SMILES string of the molecule is C=C1C=C[C@@]2(C)C(=C1)CC[C@@H]1[C@@H]2[C@@H](O)C[C@@]2(C)[C@H]1C[C@H]1O[C@@H](/C=C/C3CCC3)O[C@]12C(=O)COC(C)(C)C. The van der Waals surface area contributed by atoms with Crippen LogP contribution in [0.3, 0.4) is 0 Å². The van der Waals surface area contributed by atoms with Crippen LogP contribution in [0.15, 0.2) is 48.1 Å². The predicted molar refractivity (Wildman–Crippen MR) is 147 cm³/mol. The summed E-state index contributed by atoms with van der Waals surface area (Å²) < 4.78 is 19.4. The number of carbonyl (C=O) groups excluding carboxylic acids is 1. The Kier molecular flexibility index (Phi) is 6.31. The molecular weight excluding hydrogens is 476 g/mol. The van der Waals surface area contributed by atoms with E-state index in [2.05, 4.69) is 44.7 Å². The fourth-order valence-electron chi connectivity index (χ4n) is 9.03. The number of hydrogen-bond acceptors (Lipinski definition) is 5. The molecule has 0 aromatic carbocycles. The van der Waals surface area contributed by atoms with Crippen molar-refractivity contribution in [2.24, 2.45) is 34.5 Å². The van der Waals surface area contributed by atoms with Crippen LogP contribution in [0.25, 0.3) is 0 Å². The first-order chi connectivity index (χ1) is 17.9. The first kappa shape index (κ1) is 26.7. The molecular formula is C33H46O5. The lowest BCUT2D eigenvalue weighted by Gasteiger charge is -2.60. The number of ketones is 1. The third-order valence-corrected chi connectivity index (χ3v) is 11.1. The van der Waals surface area contributed by atoms with Gasteiger partial charge in [-0.2, -0.15) is 0 Å². The highest BCUT2D eigenvalue weighted by Crippen LogP contribution is 2.69. The predicted octanol–water partition coefficient (Wildman–Crippen LogP) is 6.08. The van der Waals surface area contributed by atoms with E-state index in [1.165, 1.54) is 24.8 Å². The average molecular weight is 523 g/mol. The van der Waals surface area contributed by atoms with E-state index in [9.17, 15) is 9.90 Å². The molecule has 5 heteroatoms. The van der Waals surface area contributed by atoms with Gasteiger partial charge < -0.3 is 19.3 Å². The Morgan fingerprint density at radius 3 is 2.68 bits per heavy atom. The summed E-state index contributed by atoms with van der Waals surface area (Å²) in [5, 5.41) is 11.9. The maximum atomic E-state index is 14.2. The van der Waals surface area contributed by atoms with Crippen molar-refractivity contribution in [3.8, 4) is 0 Å². The molecule has 4 saturated carbocycles. The van der Waals surface area contributed by atoms with Crippen LogP contribution in [0, 0.1) is 34.5 Å². The van der Waals surface area contributed by atoms with Crippen molar-refractivity contribution in [1.82, 2.24) is 0 Å². The number of Topliss-reactive ketones (excluding diaryl/α,β-unsaturated/α-hetero) is 1. The summed E-state index contributed by atoms with van der Waals surface area (Å²) in [4.78, 5) is 14.2. The van der Waals surface area contributed by atoms with Crippen molar-refractivity contribution in [2.45, 2.75) is 109 Å². The summed E-state index contributed by atoms with van der Waals surface area (Å²) in [6.45, 7) is 14.5. The summed E-state index contributed by atoms with van der Waals surface area (Å²) in [6, 6.07) is 0. The van der Waals surface area contributed by atoms with E-state index in [0.717, 1.165) is 24.8 Å². The molecule has 1 saturated heterocycles. The van der Waals surface area contributed by atoms with Gasteiger partial charge >= 0.3 is 0 Å². The molecule has 0 unspecified atom stereocenters. The van der Waals surface area contributed by atoms with Crippen LogP contribution in [0.2, 0.25) is 0 Å². The number of rotatable bonds is 5. The number of fused-ring (bicyclic) bond motifs is 7. The standard InChI is InChI=1S/C33H46O5/c1-20-14-15-31(5)22(16-20)11-12-23-24-17-27-33(26(35)19-36-30(2,3)4,32(24,6)18-25(34)29(23)31)38-28(37-27)13-10-21-8-7-9-21/h10,13-16,21,23-25,27-29,34H,1,7-9,11-12,17-19H2,2-6H3/b13-10+/t23-,24-,25-,27+,28+,29+,31-,32-,33+/m0/s1. The van der Waals surface area contributed by atoms with E-state index in [-0.39, 0.29) is 41.7 Å². The minimum absolute atomic E-state index is 0.00955. The molecule has 5 fully saturated rings. The maximum absolute atomic E-state index is 14.2. The maximum Gasteiger partial charge on any atom is 0.193 e. The Hall–Kier alpha value is -1.53. The Morgan fingerprint density at radius 2 is 2.00 bits per heavy atom. The lowest BCUT2D eigenvalue weighted by molar-refractivity contribution is -0.196. The summed E-state index contributed by atoms with van der Waals surface area (Å²) in [7, 11) is 0. The van der Waals surface area contributed by atoms with E-state index in [4.69, 9.17) is 14.2 Å². The zero-order valence-corrected chi connectivity index (χ0v) is 23.9. The zero-order valence-electron chi connectivity index (χ0n) is 23.9. The molecule has 9 atom stereocenters. The van der Waals surface area contributed by atoms with E-state index < -0.39 is 29.0 Å². The molecule has 208 valence electrons. The van der Waals surface area contributed by atoms with Gasteiger partial charge in [0.1, 0.15) is 6.61 Å². The van der Waals surface area contributed by atoms with E-state index in [0.29, 0.717) is 12.3 Å². The molecule has 0 amide bonds. The molecule has 1 N–H and O–H groups in total. The number of ether oxygens (including phenoxy) is 3.